The third-order valence-corrected chi connectivity index (χ3v) is 5.82. The third-order valence-electron chi connectivity index (χ3n) is 4.43. The molecule has 0 aromatic heterocycles. The molecule has 2 N–H and O–H groups in total. The minimum absolute atomic E-state index is 0.108. The van der Waals surface area contributed by atoms with E-state index in [1.54, 1.807) is 24.3 Å². The zero-order valence-electron chi connectivity index (χ0n) is 17.1. The molecule has 1 amide bonds. The number of hydrogen-bond donors (Lipinski definition) is 2. The van der Waals surface area contributed by atoms with E-state index >= 15 is 0 Å². The van der Waals surface area contributed by atoms with Gasteiger partial charge < -0.3 is 10.1 Å². The smallest absolute Gasteiger partial charge is 0.262 e. The number of aryl methyl sites for hydroxylation is 3. The van der Waals surface area contributed by atoms with Gasteiger partial charge in [-0.25, -0.2) is 8.42 Å². The molecule has 0 unspecified atom stereocenters. The molecule has 0 heterocycles. The Hall–Kier alpha value is -3.32. The molecule has 0 spiro atoms. The van der Waals surface area contributed by atoms with Crippen LogP contribution in [-0.4, -0.2) is 20.9 Å². The highest BCUT2D eigenvalue weighted by molar-refractivity contribution is 7.92. The number of sulfonamides is 1. The third kappa shape index (κ3) is 5.61. The molecule has 3 rings (SSSR count). The minimum atomic E-state index is -3.73. The standard InChI is InChI=1S/C23H24N2O4S/c1-16-5-4-6-20(14-16)29-15-23(26)24-19-8-10-21(11-9-19)30(27,28)25-22-12-7-17(2)13-18(22)3/h4-14,25H,15H2,1-3H3,(H,24,26). The van der Waals surface area contributed by atoms with Crippen LogP contribution in [0.1, 0.15) is 16.7 Å². The van der Waals surface area contributed by atoms with Gasteiger partial charge in [-0.2, -0.15) is 0 Å². The maximum atomic E-state index is 12.6. The van der Waals surface area contributed by atoms with E-state index in [0.717, 1.165) is 16.7 Å². The number of benzene rings is 3. The lowest BCUT2D eigenvalue weighted by Crippen LogP contribution is -2.20. The van der Waals surface area contributed by atoms with Gasteiger partial charge in [0.15, 0.2) is 6.61 Å². The van der Waals surface area contributed by atoms with E-state index in [2.05, 4.69) is 10.0 Å². The van der Waals surface area contributed by atoms with Crippen molar-refractivity contribution in [3.63, 3.8) is 0 Å². The molecule has 156 valence electrons. The molecule has 0 fully saturated rings. The van der Waals surface area contributed by atoms with Crippen LogP contribution in [0.3, 0.4) is 0 Å². The van der Waals surface area contributed by atoms with Gasteiger partial charge in [0.05, 0.1) is 10.6 Å². The van der Waals surface area contributed by atoms with Crippen molar-refractivity contribution in [2.45, 2.75) is 25.7 Å². The Bertz CT molecular complexity index is 1160. The van der Waals surface area contributed by atoms with Gasteiger partial charge in [0.1, 0.15) is 5.75 Å². The molecule has 7 heteroatoms. The van der Waals surface area contributed by atoms with E-state index in [9.17, 15) is 13.2 Å². The molecular formula is C23H24N2O4S. The van der Waals surface area contributed by atoms with Crippen LogP contribution in [-0.2, 0) is 14.8 Å². The molecular weight excluding hydrogens is 400 g/mol. The van der Waals surface area contributed by atoms with Crippen LogP contribution in [0.2, 0.25) is 0 Å². The number of nitrogens with one attached hydrogen (secondary N) is 2. The summed E-state index contributed by atoms with van der Waals surface area (Å²) < 4.78 is 33.3. The van der Waals surface area contributed by atoms with Crippen molar-refractivity contribution in [2.24, 2.45) is 0 Å². The second kappa shape index (κ2) is 9.00. The molecule has 0 aliphatic rings. The molecule has 0 aliphatic carbocycles. The van der Waals surface area contributed by atoms with Gasteiger partial charge in [-0.3, -0.25) is 9.52 Å². The predicted molar refractivity (Wildman–Crippen MR) is 118 cm³/mol. The predicted octanol–water partition coefficient (Wildman–Crippen LogP) is 4.43. The topological polar surface area (TPSA) is 84.5 Å². The first-order chi connectivity index (χ1) is 14.2. The van der Waals surface area contributed by atoms with Crippen molar-refractivity contribution in [3.8, 4) is 5.75 Å². The average molecular weight is 425 g/mol. The van der Waals surface area contributed by atoms with Gasteiger partial charge >= 0.3 is 0 Å². The molecule has 30 heavy (non-hydrogen) atoms. The van der Waals surface area contributed by atoms with Crippen LogP contribution in [0.25, 0.3) is 0 Å². The summed E-state index contributed by atoms with van der Waals surface area (Å²) in [5.41, 5.74) is 3.96. The van der Waals surface area contributed by atoms with Crippen molar-refractivity contribution < 1.29 is 17.9 Å². The molecule has 3 aromatic rings. The summed E-state index contributed by atoms with van der Waals surface area (Å²) in [6.07, 6.45) is 0. The van der Waals surface area contributed by atoms with E-state index in [4.69, 9.17) is 4.74 Å². The van der Waals surface area contributed by atoms with Crippen molar-refractivity contribution in [1.82, 2.24) is 0 Å². The van der Waals surface area contributed by atoms with E-state index in [1.165, 1.54) is 12.1 Å². The number of carbonyl (C=O) groups excluding carboxylic acids is 1. The van der Waals surface area contributed by atoms with Crippen molar-refractivity contribution in [1.29, 1.82) is 0 Å². The van der Waals surface area contributed by atoms with Gasteiger partial charge in [-0.15, -0.1) is 0 Å². The summed E-state index contributed by atoms with van der Waals surface area (Å²) in [6.45, 7) is 5.60. The van der Waals surface area contributed by atoms with Crippen LogP contribution in [0.4, 0.5) is 11.4 Å². The van der Waals surface area contributed by atoms with E-state index < -0.39 is 10.0 Å². The summed E-state index contributed by atoms with van der Waals surface area (Å²) in [4.78, 5) is 12.2. The van der Waals surface area contributed by atoms with Gasteiger partial charge in [-0.05, 0) is 74.4 Å². The van der Waals surface area contributed by atoms with E-state index in [1.807, 2.05) is 51.1 Å². The number of anilines is 2. The summed E-state index contributed by atoms with van der Waals surface area (Å²) >= 11 is 0. The Morgan fingerprint density at radius 3 is 2.27 bits per heavy atom. The quantitative estimate of drug-likeness (QED) is 0.588. The monoisotopic (exact) mass is 424 g/mol. The number of amides is 1. The number of rotatable bonds is 7. The SMILES string of the molecule is Cc1cccc(OCC(=O)Nc2ccc(S(=O)(=O)Nc3ccc(C)cc3C)cc2)c1. The Morgan fingerprint density at radius 2 is 1.60 bits per heavy atom. The van der Waals surface area contributed by atoms with Gasteiger partial charge in [-0.1, -0.05) is 29.8 Å². The zero-order valence-corrected chi connectivity index (χ0v) is 17.9. The van der Waals surface area contributed by atoms with Crippen LogP contribution < -0.4 is 14.8 Å². The summed E-state index contributed by atoms with van der Waals surface area (Å²) in [5.74, 6) is 0.282. The van der Waals surface area contributed by atoms with E-state index in [0.29, 0.717) is 17.1 Å². The first kappa shape index (κ1) is 21.4. The molecule has 0 radical (unpaired) electrons. The fraction of sp³-hybridized carbons (Fsp3) is 0.174. The summed E-state index contributed by atoms with van der Waals surface area (Å²) in [6, 6.07) is 18.9. The largest absolute Gasteiger partial charge is 0.484 e. The summed E-state index contributed by atoms with van der Waals surface area (Å²) in [5, 5.41) is 2.69. The lowest BCUT2D eigenvalue weighted by molar-refractivity contribution is -0.118. The van der Waals surface area contributed by atoms with E-state index in [-0.39, 0.29) is 17.4 Å². The highest BCUT2D eigenvalue weighted by Gasteiger charge is 2.15. The van der Waals surface area contributed by atoms with Crippen LogP contribution in [0.15, 0.2) is 71.6 Å². The lowest BCUT2D eigenvalue weighted by atomic mass is 10.1. The van der Waals surface area contributed by atoms with Crippen LogP contribution in [0, 0.1) is 20.8 Å². The minimum Gasteiger partial charge on any atom is -0.484 e. The molecule has 0 saturated heterocycles. The van der Waals surface area contributed by atoms with Gasteiger partial charge in [0, 0.05) is 5.69 Å². The second-order valence-corrected chi connectivity index (χ2v) is 8.78. The fourth-order valence-electron chi connectivity index (χ4n) is 2.90. The van der Waals surface area contributed by atoms with Crippen LogP contribution >= 0.6 is 0 Å². The first-order valence-electron chi connectivity index (χ1n) is 9.42. The molecule has 0 atom stereocenters. The average Bonchev–Trinajstić information content (AvgIpc) is 2.69. The molecule has 0 aliphatic heterocycles. The molecule has 0 saturated carbocycles. The number of hydrogen-bond acceptors (Lipinski definition) is 4. The Labute approximate surface area is 177 Å². The maximum absolute atomic E-state index is 12.6. The molecule has 6 nitrogen and oxygen atoms in total. The second-order valence-electron chi connectivity index (χ2n) is 7.10. The Morgan fingerprint density at radius 1 is 0.900 bits per heavy atom. The first-order valence-corrected chi connectivity index (χ1v) is 10.9. The number of ether oxygens (including phenoxy) is 1. The number of carbonyl (C=O) groups is 1. The van der Waals surface area contributed by atoms with Crippen molar-refractivity contribution >= 4 is 27.3 Å². The highest BCUT2D eigenvalue weighted by atomic mass is 32.2. The maximum Gasteiger partial charge on any atom is 0.262 e. The zero-order chi connectivity index (χ0) is 21.7. The molecule has 3 aromatic carbocycles. The molecule has 0 bridgehead atoms. The summed E-state index contributed by atoms with van der Waals surface area (Å²) in [7, 11) is -3.73. The van der Waals surface area contributed by atoms with Crippen LogP contribution in [0.5, 0.6) is 5.75 Å². The lowest BCUT2D eigenvalue weighted by Gasteiger charge is -2.12. The fourth-order valence-corrected chi connectivity index (χ4v) is 4.03. The van der Waals surface area contributed by atoms with Crippen molar-refractivity contribution in [2.75, 3.05) is 16.6 Å². The highest BCUT2D eigenvalue weighted by Crippen LogP contribution is 2.22. The Kier molecular flexibility index (Phi) is 6.42. The normalized spacial score (nSPS) is 11.0. The Balaban J connectivity index is 1.61. The van der Waals surface area contributed by atoms with Gasteiger partial charge in [0.25, 0.3) is 15.9 Å². The van der Waals surface area contributed by atoms with Crippen molar-refractivity contribution in [3.05, 3.63) is 83.4 Å². The van der Waals surface area contributed by atoms with Gasteiger partial charge in [0.2, 0.25) is 0 Å².